The van der Waals surface area contributed by atoms with Gasteiger partial charge in [0.25, 0.3) is 11.8 Å². The average Bonchev–Trinajstić information content (AvgIpc) is 2.70. The lowest BCUT2D eigenvalue weighted by atomic mass is 10.1. The lowest BCUT2D eigenvalue weighted by Gasteiger charge is -2.17. The number of rotatable bonds is 2. The van der Waals surface area contributed by atoms with Crippen LogP contribution >= 0.6 is 0 Å². The SMILES string of the molecule is NN=C1N=CC=CC1C(=O)ON1C(=O)CCC1=O. The summed E-state index contributed by atoms with van der Waals surface area (Å²) >= 11 is 0. The number of amides is 2. The number of nitrogens with two attached hydrogens (primary N) is 1. The highest BCUT2D eigenvalue weighted by Crippen LogP contribution is 2.16. The molecule has 0 radical (unpaired) electrons. The third kappa shape index (κ3) is 2.12. The second-order valence-electron chi connectivity index (χ2n) is 3.62. The molecule has 18 heavy (non-hydrogen) atoms. The quantitative estimate of drug-likeness (QED) is 0.388. The third-order valence-corrected chi connectivity index (χ3v) is 2.45. The minimum absolute atomic E-state index is 0.0443. The lowest BCUT2D eigenvalue weighted by molar-refractivity contribution is -0.198. The van der Waals surface area contributed by atoms with Crippen molar-refractivity contribution in [3.63, 3.8) is 0 Å². The molecule has 0 aromatic heterocycles. The molecule has 2 heterocycles. The predicted octanol–water partition coefficient (Wildman–Crippen LogP) is -0.877. The number of allylic oxidation sites excluding steroid dienone is 1. The number of dihydropyridines is 1. The molecular formula is C10H10N4O4. The largest absolute Gasteiger partial charge is 0.347 e. The summed E-state index contributed by atoms with van der Waals surface area (Å²) in [6, 6.07) is 0. The first-order chi connectivity index (χ1) is 8.63. The predicted molar refractivity (Wildman–Crippen MR) is 59.9 cm³/mol. The maximum atomic E-state index is 11.8. The van der Waals surface area contributed by atoms with Crippen LogP contribution in [0.1, 0.15) is 12.8 Å². The first-order valence-corrected chi connectivity index (χ1v) is 5.19. The fourth-order valence-electron chi connectivity index (χ4n) is 1.55. The molecule has 2 rings (SSSR count). The zero-order valence-electron chi connectivity index (χ0n) is 9.28. The van der Waals surface area contributed by atoms with E-state index in [2.05, 4.69) is 10.1 Å². The fourth-order valence-corrected chi connectivity index (χ4v) is 1.55. The van der Waals surface area contributed by atoms with Gasteiger partial charge in [0.2, 0.25) is 0 Å². The molecule has 2 N–H and O–H groups in total. The van der Waals surface area contributed by atoms with Gasteiger partial charge in [0.05, 0.1) is 0 Å². The van der Waals surface area contributed by atoms with Crippen LogP contribution < -0.4 is 5.84 Å². The normalized spacial score (nSPS) is 25.0. The van der Waals surface area contributed by atoms with Crippen molar-refractivity contribution in [1.29, 1.82) is 0 Å². The summed E-state index contributed by atoms with van der Waals surface area (Å²) in [5.41, 5.74) is 0. The Hall–Kier alpha value is -2.51. The van der Waals surface area contributed by atoms with Crippen LogP contribution in [-0.4, -0.2) is 34.9 Å². The van der Waals surface area contributed by atoms with Crippen molar-refractivity contribution in [3.8, 4) is 0 Å². The molecule has 0 aromatic rings. The van der Waals surface area contributed by atoms with Gasteiger partial charge in [-0.3, -0.25) is 9.59 Å². The third-order valence-electron chi connectivity index (χ3n) is 2.45. The highest BCUT2D eigenvalue weighted by Gasteiger charge is 2.35. The summed E-state index contributed by atoms with van der Waals surface area (Å²) in [6.07, 6.45) is 4.49. The molecule has 0 spiro atoms. The molecule has 1 saturated heterocycles. The Morgan fingerprint density at radius 1 is 1.44 bits per heavy atom. The molecular weight excluding hydrogens is 240 g/mol. The number of imide groups is 1. The van der Waals surface area contributed by atoms with Crippen LogP contribution in [0.3, 0.4) is 0 Å². The molecule has 0 aromatic carbocycles. The van der Waals surface area contributed by atoms with Crippen LogP contribution in [0.4, 0.5) is 0 Å². The van der Waals surface area contributed by atoms with Crippen molar-refractivity contribution in [3.05, 3.63) is 12.2 Å². The van der Waals surface area contributed by atoms with Gasteiger partial charge in [0.1, 0.15) is 5.92 Å². The molecule has 0 saturated carbocycles. The smallest absolute Gasteiger partial charge is 0.329 e. The van der Waals surface area contributed by atoms with E-state index in [9.17, 15) is 14.4 Å². The number of hydrogen-bond donors (Lipinski definition) is 1. The Morgan fingerprint density at radius 2 is 2.11 bits per heavy atom. The van der Waals surface area contributed by atoms with Gasteiger partial charge in [-0.05, 0) is 6.08 Å². The molecule has 0 bridgehead atoms. The van der Waals surface area contributed by atoms with E-state index >= 15 is 0 Å². The van der Waals surface area contributed by atoms with Gasteiger partial charge in [-0.25, -0.2) is 9.79 Å². The van der Waals surface area contributed by atoms with Crippen LogP contribution in [-0.2, 0) is 19.2 Å². The number of carbonyl (C=O) groups excluding carboxylic acids is 3. The number of hydroxylamine groups is 2. The van der Waals surface area contributed by atoms with E-state index in [4.69, 9.17) is 10.7 Å². The van der Waals surface area contributed by atoms with Crippen molar-refractivity contribution in [2.24, 2.45) is 21.9 Å². The summed E-state index contributed by atoms with van der Waals surface area (Å²) in [5, 5.41) is 3.82. The van der Waals surface area contributed by atoms with Crippen LogP contribution in [0.25, 0.3) is 0 Å². The molecule has 1 fully saturated rings. The van der Waals surface area contributed by atoms with Crippen molar-refractivity contribution in [1.82, 2.24) is 5.06 Å². The summed E-state index contributed by atoms with van der Waals surface area (Å²) in [5.74, 6) is 2.32. The van der Waals surface area contributed by atoms with Gasteiger partial charge in [-0.15, -0.1) is 5.06 Å². The van der Waals surface area contributed by atoms with Gasteiger partial charge < -0.3 is 10.7 Å². The second-order valence-corrected chi connectivity index (χ2v) is 3.62. The van der Waals surface area contributed by atoms with Crippen molar-refractivity contribution < 1.29 is 19.2 Å². The second kappa shape index (κ2) is 4.78. The lowest BCUT2D eigenvalue weighted by Crippen LogP contribution is -2.36. The zero-order valence-corrected chi connectivity index (χ0v) is 9.28. The van der Waals surface area contributed by atoms with E-state index < -0.39 is 23.7 Å². The number of amidine groups is 1. The van der Waals surface area contributed by atoms with E-state index in [1.165, 1.54) is 18.4 Å². The number of hydrogen-bond acceptors (Lipinski definition) is 6. The molecule has 8 nitrogen and oxygen atoms in total. The van der Waals surface area contributed by atoms with Crippen LogP contribution in [0.15, 0.2) is 22.2 Å². The summed E-state index contributed by atoms with van der Waals surface area (Å²) in [7, 11) is 0. The Labute approximate surface area is 102 Å². The van der Waals surface area contributed by atoms with Gasteiger partial charge >= 0.3 is 5.97 Å². The van der Waals surface area contributed by atoms with Gasteiger partial charge in [-0.2, -0.15) is 5.10 Å². The Balaban J connectivity index is 2.08. The highest BCUT2D eigenvalue weighted by atomic mass is 16.7. The number of aliphatic imine (C=N–C) groups is 1. The van der Waals surface area contributed by atoms with Crippen molar-refractivity contribution in [2.45, 2.75) is 12.8 Å². The van der Waals surface area contributed by atoms with Crippen LogP contribution in [0.2, 0.25) is 0 Å². The Morgan fingerprint density at radius 3 is 2.72 bits per heavy atom. The van der Waals surface area contributed by atoms with E-state index in [1.54, 1.807) is 0 Å². The number of nitrogens with zero attached hydrogens (tertiary/aromatic N) is 3. The fraction of sp³-hybridized carbons (Fsp3) is 0.300. The Kier molecular flexibility index (Phi) is 3.18. The zero-order chi connectivity index (χ0) is 13.1. The van der Waals surface area contributed by atoms with Gasteiger partial charge in [0, 0.05) is 19.1 Å². The maximum absolute atomic E-state index is 11.8. The molecule has 1 unspecified atom stereocenters. The van der Waals surface area contributed by atoms with Gasteiger partial charge in [-0.1, -0.05) is 6.08 Å². The van der Waals surface area contributed by atoms with Gasteiger partial charge in [0.15, 0.2) is 5.84 Å². The monoisotopic (exact) mass is 250 g/mol. The standard InChI is InChI=1S/C10H10N4O4/c11-13-9-6(2-1-5-12-9)10(17)18-14-7(15)3-4-8(14)16/h1-2,5-6H,3-4,11H2. The number of carbonyl (C=O) groups is 3. The van der Waals surface area contributed by atoms with E-state index in [0.29, 0.717) is 5.06 Å². The average molecular weight is 250 g/mol. The Bertz CT molecular complexity index is 478. The minimum Gasteiger partial charge on any atom is -0.329 e. The van der Waals surface area contributed by atoms with Crippen LogP contribution in [0.5, 0.6) is 0 Å². The molecule has 8 heteroatoms. The summed E-state index contributed by atoms with van der Waals surface area (Å²) in [6.45, 7) is 0. The molecule has 94 valence electrons. The van der Waals surface area contributed by atoms with E-state index in [1.807, 2.05) is 0 Å². The molecule has 0 aliphatic carbocycles. The van der Waals surface area contributed by atoms with Crippen LogP contribution in [0, 0.1) is 5.92 Å². The topological polar surface area (TPSA) is 114 Å². The van der Waals surface area contributed by atoms with E-state index in [0.717, 1.165) is 0 Å². The molecule has 2 aliphatic heterocycles. The molecule has 1 atom stereocenters. The highest BCUT2D eigenvalue weighted by molar-refractivity contribution is 6.09. The summed E-state index contributed by atoms with van der Waals surface area (Å²) < 4.78 is 0. The molecule has 2 amide bonds. The number of hydrazone groups is 1. The van der Waals surface area contributed by atoms with E-state index in [-0.39, 0.29) is 18.7 Å². The molecule has 2 aliphatic rings. The first kappa shape index (κ1) is 12.0. The maximum Gasteiger partial charge on any atom is 0.347 e. The minimum atomic E-state index is -0.916. The first-order valence-electron chi connectivity index (χ1n) is 5.19. The van der Waals surface area contributed by atoms with Crippen molar-refractivity contribution >= 4 is 29.8 Å². The van der Waals surface area contributed by atoms with Crippen molar-refractivity contribution in [2.75, 3.05) is 0 Å². The summed E-state index contributed by atoms with van der Waals surface area (Å²) in [4.78, 5) is 42.9.